The van der Waals surface area contributed by atoms with E-state index < -0.39 is 0 Å². The highest BCUT2D eigenvalue weighted by Gasteiger charge is 2.02. The van der Waals surface area contributed by atoms with Crippen LogP contribution in [-0.2, 0) is 0 Å². The number of para-hydroxylation sites is 2. The second-order valence-corrected chi connectivity index (χ2v) is 5.27. The highest BCUT2D eigenvalue weighted by molar-refractivity contribution is 7.80. The lowest BCUT2D eigenvalue weighted by Gasteiger charge is -2.07. The molecule has 2 N–H and O–H groups in total. The smallest absolute Gasteiger partial charge is 0.191 e. The summed E-state index contributed by atoms with van der Waals surface area (Å²) in [7, 11) is 0. The van der Waals surface area contributed by atoms with E-state index in [4.69, 9.17) is 12.2 Å². The normalized spacial score (nSPS) is 10.7. The Morgan fingerprint density at radius 2 is 1.88 bits per heavy atom. The van der Waals surface area contributed by atoms with Crippen LogP contribution in [0.15, 0.2) is 72.1 Å². The summed E-state index contributed by atoms with van der Waals surface area (Å²) in [5, 5.41) is 11.2. The Labute approximate surface area is 143 Å². The third kappa shape index (κ3) is 4.02. The largest absolute Gasteiger partial charge is 0.329 e. The molecule has 0 spiro atoms. The van der Waals surface area contributed by atoms with Crippen molar-refractivity contribution in [3.05, 3.63) is 78.4 Å². The fourth-order valence-electron chi connectivity index (χ4n) is 2.00. The summed E-state index contributed by atoms with van der Waals surface area (Å²) >= 11 is 5.07. The quantitative estimate of drug-likeness (QED) is 0.435. The number of thiocarbonyl (C=S) groups is 1. The first kappa shape index (κ1) is 15.8. The zero-order valence-electron chi connectivity index (χ0n) is 12.6. The van der Waals surface area contributed by atoms with Crippen LogP contribution in [0.4, 0.5) is 10.1 Å². The monoisotopic (exact) mass is 339 g/mol. The minimum Gasteiger partial charge on any atom is -0.329 e. The molecule has 0 amide bonds. The van der Waals surface area contributed by atoms with Crippen LogP contribution in [0.25, 0.3) is 5.69 Å². The lowest BCUT2D eigenvalue weighted by Crippen LogP contribution is -2.24. The summed E-state index contributed by atoms with van der Waals surface area (Å²) in [5.41, 5.74) is 4.70. The van der Waals surface area contributed by atoms with Gasteiger partial charge < -0.3 is 5.32 Å². The standard InChI is InChI=1S/C17H14FN5S/c18-15-8-4-5-9-16(15)21-17(24)22-19-10-13-11-20-23(12-13)14-6-2-1-3-7-14/h1-12H,(H2,21,22,24)/b19-10-. The molecule has 5 nitrogen and oxygen atoms in total. The predicted octanol–water partition coefficient (Wildman–Crippen LogP) is 3.33. The number of rotatable bonds is 4. The van der Waals surface area contributed by atoms with Gasteiger partial charge >= 0.3 is 0 Å². The molecule has 0 bridgehead atoms. The van der Waals surface area contributed by atoms with Gasteiger partial charge in [-0.2, -0.15) is 10.2 Å². The molecule has 0 saturated carbocycles. The molecule has 2 aromatic carbocycles. The molecule has 0 atom stereocenters. The maximum absolute atomic E-state index is 13.5. The summed E-state index contributed by atoms with van der Waals surface area (Å²) < 4.78 is 15.2. The molecule has 0 aliphatic rings. The molecular formula is C17H14FN5S. The topological polar surface area (TPSA) is 54.2 Å². The molecule has 0 unspecified atom stereocenters. The SMILES string of the molecule is Fc1ccccc1NC(=S)N/N=C\c1cnn(-c2ccccc2)c1. The van der Waals surface area contributed by atoms with Crippen molar-refractivity contribution < 1.29 is 4.39 Å². The molecule has 7 heteroatoms. The van der Waals surface area contributed by atoms with E-state index in [0.29, 0.717) is 5.69 Å². The minimum atomic E-state index is -0.380. The van der Waals surface area contributed by atoms with Gasteiger partial charge in [0.1, 0.15) is 5.82 Å². The van der Waals surface area contributed by atoms with Crippen LogP contribution in [0.5, 0.6) is 0 Å². The summed E-state index contributed by atoms with van der Waals surface area (Å²) in [6.07, 6.45) is 5.11. The number of aromatic nitrogens is 2. The zero-order chi connectivity index (χ0) is 16.8. The molecule has 0 saturated heterocycles. The number of halogens is 1. The predicted molar refractivity (Wildman–Crippen MR) is 96.9 cm³/mol. The van der Waals surface area contributed by atoms with Gasteiger partial charge in [0.2, 0.25) is 0 Å². The van der Waals surface area contributed by atoms with E-state index in [-0.39, 0.29) is 10.9 Å². The molecular weight excluding hydrogens is 325 g/mol. The summed E-state index contributed by atoms with van der Waals surface area (Å²) in [4.78, 5) is 0. The Bertz CT molecular complexity index is 860. The number of nitrogens with one attached hydrogen (secondary N) is 2. The van der Waals surface area contributed by atoms with Crippen molar-refractivity contribution in [2.24, 2.45) is 5.10 Å². The van der Waals surface area contributed by atoms with Crippen molar-refractivity contribution in [1.29, 1.82) is 0 Å². The molecule has 1 heterocycles. The number of anilines is 1. The molecule has 24 heavy (non-hydrogen) atoms. The number of nitrogens with zero attached hydrogens (tertiary/aromatic N) is 3. The van der Waals surface area contributed by atoms with E-state index in [9.17, 15) is 4.39 Å². The first-order valence-electron chi connectivity index (χ1n) is 7.17. The molecule has 0 aliphatic heterocycles. The van der Waals surface area contributed by atoms with Gasteiger partial charge in [0.15, 0.2) is 5.11 Å². The second kappa shape index (κ2) is 7.47. The maximum atomic E-state index is 13.5. The average molecular weight is 339 g/mol. The Balaban J connectivity index is 1.58. The van der Waals surface area contributed by atoms with Gasteiger partial charge in [-0.15, -0.1) is 0 Å². The van der Waals surface area contributed by atoms with Crippen LogP contribution in [0, 0.1) is 5.82 Å². The van der Waals surface area contributed by atoms with Crippen LogP contribution in [-0.4, -0.2) is 21.1 Å². The van der Waals surface area contributed by atoms with Crippen LogP contribution in [0.2, 0.25) is 0 Å². The molecule has 3 rings (SSSR count). The molecule has 0 aliphatic carbocycles. The van der Waals surface area contributed by atoms with Crippen LogP contribution < -0.4 is 10.7 Å². The minimum absolute atomic E-state index is 0.201. The molecule has 0 fully saturated rings. The number of benzene rings is 2. The van der Waals surface area contributed by atoms with Crippen molar-refractivity contribution in [3.63, 3.8) is 0 Å². The van der Waals surface area contributed by atoms with Gasteiger partial charge in [0.25, 0.3) is 0 Å². The van der Waals surface area contributed by atoms with Crippen LogP contribution in [0.3, 0.4) is 0 Å². The Hall–Kier alpha value is -3.06. The van der Waals surface area contributed by atoms with Crippen molar-refractivity contribution in [2.45, 2.75) is 0 Å². The van der Waals surface area contributed by atoms with Gasteiger partial charge in [0, 0.05) is 11.8 Å². The van der Waals surface area contributed by atoms with E-state index in [1.165, 1.54) is 6.07 Å². The number of hydrogen-bond donors (Lipinski definition) is 2. The highest BCUT2D eigenvalue weighted by Crippen LogP contribution is 2.11. The molecule has 1 aromatic heterocycles. The maximum Gasteiger partial charge on any atom is 0.191 e. The fourth-order valence-corrected chi connectivity index (χ4v) is 2.17. The molecule has 120 valence electrons. The molecule has 3 aromatic rings. The summed E-state index contributed by atoms with van der Waals surface area (Å²) in [6.45, 7) is 0. The first-order chi connectivity index (χ1) is 11.7. The fraction of sp³-hybridized carbons (Fsp3) is 0. The van der Waals surface area contributed by atoms with Gasteiger partial charge in [-0.05, 0) is 36.5 Å². The second-order valence-electron chi connectivity index (χ2n) is 4.86. The van der Waals surface area contributed by atoms with E-state index in [1.807, 2.05) is 36.5 Å². The summed E-state index contributed by atoms with van der Waals surface area (Å²) in [6, 6.07) is 16.0. The van der Waals surface area contributed by atoms with E-state index in [0.717, 1.165) is 11.3 Å². The molecule has 0 radical (unpaired) electrons. The lowest BCUT2D eigenvalue weighted by molar-refractivity contribution is 0.632. The van der Waals surface area contributed by atoms with Crippen molar-refractivity contribution in [2.75, 3.05) is 5.32 Å². The number of hydrogen-bond acceptors (Lipinski definition) is 3. The van der Waals surface area contributed by atoms with Gasteiger partial charge in [-0.1, -0.05) is 30.3 Å². The zero-order valence-corrected chi connectivity index (χ0v) is 13.4. The Kier molecular flexibility index (Phi) is 4.93. The number of hydrazone groups is 1. The summed E-state index contributed by atoms with van der Waals surface area (Å²) in [5.74, 6) is -0.380. The van der Waals surface area contributed by atoms with Gasteiger partial charge in [-0.25, -0.2) is 9.07 Å². The van der Waals surface area contributed by atoms with Crippen molar-refractivity contribution in [3.8, 4) is 5.69 Å². The van der Waals surface area contributed by atoms with E-state index >= 15 is 0 Å². The highest BCUT2D eigenvalue weighted by atomic mass is 32.1. The van der Waals surface area contributed by atoms with Crippen molar-refractivity contribution >= 4 is 29.2 Å². The van der Waals surface area contributed by atoms with Crippen LogP contribution >= 0.6 is 12.2 Å². The van der Waals surface area contributed by atoms with E-state index in [1.54, 1.807) is 35.3 Å². The van der Waals surface area contributed by atoms with Gasteiger partial charge in [0.05, 0.1) is 23.8 Å². The van der Waals surface area contributed by atoms with Crippen molar-refractivity contribution in [1.82, 2.24) is 15.2 Å². The van der Waals surface area contributed by atoms with Gasteiger partial charge in [-0.3, -0.25) is 5.43 Å². The van der Waals surface area contributed by atoms with Crippen LogP contribution in [0.1, 0.15) is 5.56 Å². The first-order valence-corrected chi connectivity index (χ1v) is 7.58. The third-order valence-corrected chi connectivity index (χ3v) is 3.32. The lowest BCUT2D eigenvalue weighted by atomic mass is 10.3. The Morgan fingerprint density at radius 1 is 1.12 bits per heavy atom. The average Bonchev–Trinajstić information content (AvgIpc) is 3.07. The third-order valence-electron chi connectivity index (χ3n) is 3.13. The van der Waals surface area contributed by atoms with E-state index in [2.05, 4.69) is 20.9 Å². The Morgan fingerprint density at radius 3 is 2.67 bits per heavy atom.